The topological polar surface area (TPSA) is 114 Å². The fourth-order valence-corrected chi connectivity index (χ4v) is 2.38. The molecular weight excluding hydrogens is 262 g/mol. The predicted octanol–water partition coefficient (Wildman–Crippen LogP) is 0.876. The highest BCUT2D eigenvalue weighted by molar-refractivity contribution is 5.83. The van der Waals surface area contributed by atoms with Crippen LogP contribution in [0, 0.1) is 10.1 Å². The third-order valence-electron chi connectivity index (χ3n) is 3.39. The predicted molar refractivity (Wildman–Crippen MR) is 74.6 cm³/mol. The smallest absolute Gasteiger partial charge is 0.276 e. The van der Waals surface area contributed by atoms with Crippen LogP contribution in [0.4, 0.5) is 17.3 Å². The van der Waals surface area contributed by atoms with Gasteiger partial charge in [0.05, 0.1) is 17.1 Å². The number of carbonyl (C=O) groups is 1. The molecule has 0 aliphatic carbocycles. The van der Waals surface area contributed by atoms with Gasteiger partial charge in [0.15, 0.2) is 0 Å². The van der Waals surface area contributed by atoms with Gasteiger partial charge in [-0.3, -0.25) is 14.9 Å². The summed E-state index contributed by atoms with van der Waals surface area (Å²) in [6.07, 6.45) is 2.47. The average Bonchev–Trinajstić information content (AvgIpc) is 2.46. The van der Waals surface area contributed by atoms with Gasteiger partial charge in [-0.2, -0.15) is 0 Å². The van der Waals surface area contributed by atoms with Crippen molar-refractivity contribution in [2.24, 2.45) is 5.73 Å². The van der Waals surface area contributed by atoms with E-state index in [0.717, 1.165) is 12.8 Å². The highest BCUT2D eigenvalue weighted by Crippen LogP contribution is 2.28. The maximum absolute atomic E-state index is 11.5. The number of anilines is 2. The van der Waals surface area contributed by atoms with E-state index in [-0.39, 0.29) is 5.69 Å². The normalized spacial score (nSPS) is 18.6. The summed E-state index contributed by atoms with van der Waals surface area (Å²) in [7, 11) is 1.64. The number of nitrogens with zero attached hydrogens (tertiary/aromatic N) is 3. The lowest BCUT2D eigenvalue weighted by Gasteiger charge is -2.34. The second-order valence-corrected chi connectivity index (χ2v) is 4.68. The molecule has 20 heavy (non-hydrogen) atoms. The molecule has 1 aliphatic heterocycles. The molecule has 1 atom stereocenters. The van der Waals surface area contributed by atoms with Crippen LogP contribution in [-0.2, 0) is 4.79 Å². The van der Waals surface area contributed by atoms with Gasteiger partial charge in [0.2, 0.25) is 5.91 Å². The van der Waals surface area contributed by atoms with E-state index in [1.807, 2.05) is 0 Å². The minimum absolute atomic E-state index is 0.0619. The summed E-state index contributed by atoms with van der Waals surface area (Å²) in [4.78, 5) is 28.0. The molecule has 0 radical (unpaired) electrons. The molecule has 1 unspecified atom stereocenters. The van der Waals surface area contributed by atoms with E-state index in [1.165, 1.54) is 12.1 Å². The Morgan fingerprint density at radius 2 is 2.30 bits per heavy atom. The molecule has 2 rings (SSSR count). The number of nitro groups is 1. The Bertz CT molecular complexity index is 534. The Kier molecular flexibility index (Phi) is 4.02. The van der Waals surface area contributed by atoms with Crippen LogP contribution in [0.2, 0.25) is 0 Å². The van der Waals surface area contributed by atoms with Crippen molar-refractivity contribution in [3.63, 3.8) is 0 Å². The molecule has 1 fully saturated rings. The van der Waals surface area contributed by atoms with E-state index < -0.39 is 16.9 Å². The summed E-state index contributed by atoms with van der Waals surface area (Å²) < 4.78 is 0. The number of hydrogen-bond donors (Lipinski definition) is 2. The number of hydrogen-bond acceptors (Lipinski definition) is 6. The summed E-state index contributed by atoms with van der Waals surface area (Å²) in [5.74, 6) is 0.374. The maximum Gasteiger partial charge on any atom is 0.276 e. The molecule has 0 spiro atoms. The highest BCUT2D eigenvalue weighted by Gasteiger charge is 2.29. The molecule has 1 saturated heterocycles. The van der Waals surface area contributed by atoms with Crippen LogP contribution in [0.15, 0.2) is 12.1 Å². The standard InChI is InChI=1S/C12H17N5O3/c1-14-10-6-8(17(19)20)7-11(15-10)16-5-3-2-4-9(16)12(13)18/h6-7,9H,2-5H2,1H3,(H2,13,18)(H,14,15). The monoisotopic (exact) mass is 279 g/mol. The van der Waals surface area contributed by atoms with E-state index >= 15 is 0 Å². The van der Waals surface area contributed by atoms with E-state index in [2.05, 4.69) is 10.3 Å². The van der Waals surface area contributed by atoms with Gasteiger partial charge >= 0.3 is 0 Å². The number of piperidine rings is 1. The molecule has 1 aromatic rings. The van der Waals surface area contributed by atoms with Crippen LogP contribution >= 0.6 is 0 Å². The molecule has 2 heterocycles. The number of primary amides is 1. The van der Waals surface area contributed by atoms with Crippen LogP contribution in [0.5, 0.6) is 0 Å². The van der Waals surface area contributed by atoms with Crippen molar-refractivity contribution in [3.05, 3.63) is 22.2 Å². The first-order chi connectivity index (χ1) is 9.52. The lowest BCUT2D eigenvalue weighted by molar-refractivity contribution is -0.384. The molecule has 0 aromatic carbocycles. The zero-order chi connectivity index (χ0) is 14.7. The van der Waals surface area contributed by atoms with E-state index in [9.17, 15) is 14.9 Å². The van der Waals surface area contributed by atoms with Gasteiger partial charge in [-0.25, -0.2) is 4.98 Å². The van der Waals surface area contributed by atoms with Crippen molar-refractivity contribution in [3.8, 4) is 0 Å². The fourth-order valence-electron chi connectivity index (χ4n) is 2.38. The zero-order valence-corrected chi connectivity index (χ0v) is 11.2. The van der Waals surface area contributed by atoms with Crippen molar-refractivity contribution < 1.29 is 9.72 Å². The Hall–Kier alpha value is -2.38. The largest absolute Gasteiger partial charge is 0.373 e. The van der Waals surface area contributed by atoms with Crippen LogP contribution < -0.4 is 16.0 Å². The third kappa shape index (κ3) is 2.79. The first kappa shape index (κ1) is 14.0. The van der Waals surface area contributed by atoms with Gasteiger partial charge < -0.3 is 16.0 Å². The zero-order valence-electron chi connectivity index (χ0n) is 11.2. The van der Waals surface area contributed by atoms with Crippen LogP contribution in [0.25, 0.3) is 0 Å². The minimum atomic E-state index is -0.477. The number of nitrogens with two attached hydrogens (primary N) is 1. The number of aromatic nitrogens is 1. The Morgan fingerprint density at radius 3 is 2.90 bits per heavy atom. The number of nitrogens with one attached hydrogen (secondary N) is 1. The van der Waals surface area contributed by atoms with Crippen molar-refractivity contribution in [2.45, 2.75) is 25.3 Å². The van der Waals surface area contributed by atoms with E-state index in [4.69, 9.17) is 5.73 Å². The Labute approximate surface area is 116 Å². The van der Waals surface area contributed by atoms with Crippen molar-refractivity contribution in [2.75, 3.05) is 23.8 Å². The first-order valence-electron chi connectivity index (χ1n) is 6.43. The Morgan fingerprint density at radius 1 is 1.55 bits per heavy atom. The van der Waals surface area contributed by atoms with E-state index in [1.54, 1.807) is 11.9 Å². The summed E-state index contributed by atoms with van der Waals surface area (Å²) in [6.45, 7) is 0.616. The van der Waals surface area contributed by atoms with Gasteiger partial charge in [-0.05, 0) is 19.3 Å². The van der Waals surface area contributed by atoms with Crippen LogP contribution in [0.1, 0.15) is 19.3 Å². The van der Waals surface area contributed by atoms with Gasteiger partial charge in [0.1, 0.15) is 17.7 Å². The molecule has 1 aliphatic rings. The quantitative estimate of drug-likeness (QED) is 0.624. The molecule has 0 saturated carbocycles. The molecule has 1 amide bonds. The Balaban J connectivity index is 2.41. The molecular formula is C12H17N5O3. The van der Waals surface area contributed by atoms with Gasteiger partial charge in [0, 0.05) is 13.6 Å². The summed E-state index contributed by atoms with van der Waals surface area (Å²) in [6, 6.07) is 2.28. The molecule has 108 valence electrons. The second kappa shape index (κ2) is 5.72. The van der Waals surface area contributed by atoms with Crippen molar-refractivity contribution >= 4 is 23.2 Å². The van der Waals surface area contributed by atoms with Gasteiger partial charge in [-0.15, -0.1) is 0 Å². The number of rotatable bonds is 4. The molecule has 3 N–H and O–H groups in total. The van der Waals surface area contributed by atoms with Crippen LogP contribution in [-0.4, -0.2) is 35.4 Å². The number of carbonyl (C=O) groups excluding carboxylic acids is 1. The summed E-state index contributed by atoms with van der Waals surface area (Å²) in [5.41, 5.74) is 5.34. The van der Waals surface area contributed by atoms with E-state index in [0.29, 0.717) is 24.6 Å². The average molecular weight is 279 g/mol. The highest BCUT2D eigenvalue weighted by atomic mass is 16.6. The summed E-state index contributed by atoms with van der Waals surface area (Å²) >= 11 is 0. The summed E-state index contributed by atoms with van der Waals surface area (Å²) in [5, 5.41) is 13.7. The van der Waals surface area contributed by atoms with Gasteiger partial charge in [-0.1, -0.05) is 0 Å². The molecule has 1 aromatic heterocycles. The second-order valence-electron chi connectivity index (χ2n) is 4.68. The fraction of sp³-hybridized carbons (Fsp3) is 0.500. The minimum Gasteiger partial charge on any atom is -0.373 e. The lowest BCUT2D eigenvalue weighted by atomic mass is 10.0. The third-order valence-corrected chi connectivity index (χ3v) is 3.39. The lowest BCUT2D eigenvalue weighted by Crippen LogP contribution is -2.48. The molecule has 8 heteroatoms. The van der Waals surface area contributed by atoms with Crippen LogP contribution in [0.3, 0.4) is 0 Å². The van der Waals surface area contributed by atoms with Crippen molar-refractivity contribution in [1.29, 1.82) is 0 Å². The maximum atomic E-state index is 11.5. The SMILES string of the molecule is CNc1cc([N+](=O)[O-])cc(N2CCCCC2C(N)=O)n1. The first-order valence-corrected chi connectivity index (χ1v) is 6.43. The van der Waals surface area contributed by atoms with Crippen molar-refractivity contribution in [1.82, 2.24) is 4.98 Å². The molecule has 8 nitrogen and oxygen atoms in total. The molecule has 0 bridgehead atoms. The van der Waals surface area contributed by atoms with Gasteiger partial charge in [0.25, 0.3) is 5.69 Å². The number of pyridine rings is 1. The number of amides is 1.